The summed E-state index contributed by atoms with van der Waals surface area (Å²) < 4.78 is 4.92. The molecule has 1 amide bonds. The van der Waals surface area contributed by atoms with Gasteiger partial charge in [-0.15, -0.1) is 0 Å². The number of carbonyl (C=O) groups excluding carboxylic acids is 1. The van der Waals surface area contributed by atoms with Crippen molar-refractivity contribution < 1.29 is 14.6 Å². The van der Waals surface area contributed by atoms with E-state index in [4.69, 9.17) is 9.84 Å². The Morgan fingerprint density at radius 1 is 1.50 bits per heavy atom. The van der Waals surface area contributed by atoms with Crippen LogP contribution in [0.3, 0.4) is 0 Å². The van der Waals surface area contributed by atoms with Crippen LogP contribution in [0.2, 0.25) is 0 Å². The quantitative estimate of drug-likeness (QED) is 0.774. The highest BCUT2D eigenvalue weighted by atomic mass is 16.5. The Labute approximate surface area is 109 Å². The second-order valence-electron chi connectivity index (χ2n) is 5.28. The Morgan fingerprint density at radius 2 is 2.22 bits per heavy atom. The molecule has 0 aromatic heterocycles. The summed E-state index contributed by atoms with van der Waals surface area (Å²) in [7, 11) is 0. The van der Waals surface area contributed by atoms with Gasteiger partial charge in [-0.05, 0) is 25.2 Å². The summed E-state index contributed by atoms with van der Waals surface area (Å²) in [5.74, 6) is 1.13. The van der Waals surface area contributed by atoms with E-state index in [0.29, 0.717) is 25.0 Å². The SMILES string of the molecule is CCOC(=O)NC1CC(C(C)C)CN(CCO)C1. The topological polar surface area (TPSA) is 61.8 Å². The molecular weight excluding hydrogens is 232 g/mol. The van der Waals surface area contributed by atoms with Gasteiger partial charge in [-0.3, -0.25) is 4.90 Å². The monoisotopic (exact) mass is 258 g/mol. The van der Waals surface area contributed by atoms with Crippen LogP contribution >= 0.6 is 0 Å². The highest BCUT2D eigenvalue weighted by molar-refractivity contribution is 5.67. The first-order chi connectivity index (χ1) is 8.56. The average molecular weight is 258 g/mol. The van der Waals surface area contributed by atoms with Crippen molar-refractivity contribution in [3.63, 3.8) is 0 Å². The van der Waals surface area contributed by atoms with E-state index in [9.17, 15) is 4.79 Å². The lowest BCUT2D eigenvalue weighted by molar-refractivity contribution is 0.0892. The first kappa shape index (κ1) is 15.2. The molecule has 0 spiro atoms. The number of aliphatic hydroxyl groups is 1. The van der Waals surface area contributed by atoms with E-state index in [2.05, 4.69) is 24.1 Å². The maximum absolute atomic E-state index is 11.5. The number of hydrogen-bond donors (Lipinski definition) is 2. The number of alkyl carbamates (subject to hydrolysis) is 1. The first-order valence-electron chi connectivity index (χ1n) is 6.83. The molecule has 2 atom stereocenters. The van der Waals surface area contributed by atoms with E-state index in [1.807, 2.05) is 0 Å². The van der Waals surface area contributed by atoms with Crippen molar-refractivity contribution in [3.8, 4) is 0 Å². The minimum atomic E-state index is -0.337. The number of nitrogens with zero attached hydrogens (tertiary/aromatic N) is 1. The first-order valence-corrected chi connectivity index (χ1v) is 6.83. The average Bonchev–Trinajstić information content (AvgIpc) is 2.29. The van der Waals surface area contributed by atoms with Gasteiger partial charge in [0.1, 0.15) is 0 Å². The number of aliphatic hydroxyl groups excluding tert-OH is 1. The van der Waals surface area contributed by atoms with E-state index in [1.54, 1.807) is 6.92 Å². The molecule has 1 fully saturated rings. The molecule has 5 heteroatoms. The highest BCUT2D eigenvalue weighted by Gasteiger charge is 2.29. The minimum Gasteiger partial charge on any atom is -0.450 e. The molecule has 2 N–H and O–H groups in total. The zero-order valence-corrected chi connectivity index (χ0v) is 11.7. The maximum Gasteiger partial charge on any atom is 0.407 e. The number of piperidine rings is 1. The number of hydrogen-bond acceptors (Lipinski definition) is 4. The van der Waals surface area contributed by atoms with Crippen LogP contribution in [-0.2, 0) is 4.74 Å². The van der Waals surface area contributed by atoms with Gasteiger partial charge in [0.05, 0.1) is 13.2 Å². The molecule has 1 saturated heterocycles. The second-order valence-corrected chi connectivity index (χ2v) is 5.28. The van der Waals surface area contributed by atoms with Crippen molar-refractivity contribution in [1.29, 1.82) is 0 Å². The molecule has 0 aliphatic carbocycles. The molecule has 2 unspecified atom stereocenters. The predicted molar refractivity (Wildman–Crippen MR) is 70.4 cm³/mol. The number of rotatable bonds is 5. The predicted octanol–water partition coefficient (Wildman–Crippen LogP) is 1.07. The van der Waals surface area contributed by atoms with Crippen LogP contribution in [0.25, 0.3) is 0 Å². The second kappa shape index (κ2) is 7.59. The van der Waals surface area contributed by atoms with Gasteiger partial charge in [0.15, 0.2) is 0 Å². The molecular formula is C13H26N2O3. The van der Waals surface area contributed by atoms with Gasteiger partial charge in [-0.2, -0.15) is 0 Å². The summed E-state index contributed by atoms with van der Waals surface area (Å²) in [6.45, 7) is 9.23. The summed E-state index contributed by atoms with van der Waals surface area (Å²) in [6.07, 6.45) is 0.647. The van der Waals surface area contributed by atoms with Gasteiger partial charge in [-0.25, -0.2) is 4.79 Å². The third-order valence-corrected chi connectivity index (χ3v) is 3.52. The maximum atomic E-state index is 11.5. The highest BCUT2D eigenvalue weighted by Crippen LogP contribution is 2.23. The van der Waals surface area contributed by atoms with Crippen molar-refractivity contribution >= 4 is 6.09 Å². The minimum absolute atomic E-state index is 0.122. The van der Waals surface area contributed by atoms with Gasteiger partial charge in [0.2, 0.25) is 0 Å². The van der Waals surface area contributed by atoms with E-state index in [-0.39, 0.29) is 18.7 Å². The summed E-state index contributed by atoms with van der Waals surface area (Å²) in [4.78, 5) is 13.7. The lowest BCUT2D eigenvalue weighted by atomic mass is 9.85. The lowest BCUT2D eigenvalue weighted by Gasteiger charge is -2.39. The number of β-amino-alcohol motifs (C(OH)–C–C–N with tert-alkyl or cyclic N) is 1. The summed E-state index contributed by atoms with van der Waals surface area (Å²) in [5, 5.41) is 12.0. The van der Waals surface area contributed by atoms with Crippen LogP contribution in [0.5, 0.6) is 0 Å². The van der Waals surface area contributed by atoms with Gasteiger partial charge in [0.25, 0.3) is 0 Å². The largest absolute Gasteiger partial charge is 0.450 e. The number of carbonyl (C=O) groups is 1. The van der Waals surface area contributed by atoms with Gasteiger partial charge in [-0.1, -0.05) is 13.8 Å². The molecule has 0 aromatic carbocycles. The van der Waals surface area contributed by atoms with Crippen LogP contribution in [0.1, 0.15) is 27.2 Å². The molecule has 5 nitrogen and oxygen atoms in total. The fraction of sp³-hybridized carbons (Fsp3) is 0.923. The van der Waals surface area contributed by atoms with E-state index >= 15 is 0 Å². The summed E-state index contributed by atoms with van der Waals surface area (Å²) >= 11 is 0. The Morgan fingerprint density at radius 3 is 2.78 bits per heavy atom. The van der Waals surface area contributed by atoms with Crippen LogP contribution < -0.4 is 5.32 Å². The standard InChI is InChI=1S/C13H26N2O3/c1-4-18-13(17)14-12-7-11(10(2)3)8-15(9-12)5-6-16/h10-12,16H,4-9H2,1-3H3,(H,14,17). The van der Waals surface area contributed by atoms with Gasteiger partial charge >= 0.3 is 6.09 Å². The van der Waals surface area contributed by atoms with E-state index < -0.39 is 0 Å². The Hall–Kier alpha value is -0.810. The molecule has 1 heterocycles. The zero-order valence-electron chi connectivity index (χ0n) is 11.7. The van der Waals surface area contributed by atoms with Crippen molar-refractivity contribution in [2.24, 2.45) is 11.8 Å². The molecule has 106 valence electrons. The number of ether oxygens (including phenoxy) is 1. The van der Waals surface area contributed by atoms with Crippen LogP contribution in [0.4, 0.5) is 4.79 Å². The van der Waals surface area contributed by atoms with Crippen molar-refractivity contribution in [3.05, 3.63) is 0 Å². The smallest absolute Gasteiger partial charge is 0.407 e. The number of likely N-dealkylation sites (tertiary alicyclic amines) is 1. The Kier molecular flexibility index (Phi) is 6.43. The molecule has 1 rings (SSSR count). The molecule has 18 heavy (non-hydrogen) atoms. The summed E-state index contributed by atoms with van der Waals surface area (Å²) in [6, 6.07) is 0.122. The molecule has 0 aromatic rings. The third-order valence-electron chi connectivity index (χ3n) is 3.52. The van der Waals surface area contributed by atoms with Crippen molar-refractivity contribution in [2.75, 3.05) is 32.8 Å². The van der Waals surface area contributed by atoms with E-state index in [1.165, 1.54) is 0 Å². The van der Waals surface area contributed by atoms with Crippen LogP contribution in [0, 0.1) is 11.8 Å². The van der Waals surface area contributed by atoms with Crippen LogP contribution in [0.15, 0.2) is 0 Å². The lowest BCUT2D eigenvalue weighted by Crippen LogP contribution is -2.52. The molecule has 1 aliphatic rings. The van der Waals surface area contributed by atoms with E-state index in [0.717, 1.165) is 19.5 Å². The van der Waals surface area contributed by atoms with Gasteiger partial charge < -0.3 is 15.2 Å². The Bertz CT molecular complexity index is 259. The summed E-state index contributed by atoms with van der Waals surface area (Å²) in [5.41, 5.74) is 0. The van der Waals surface area contributed by atoms with Crippen molar-refractivity contribution in [1.82, 2.24) is 10.2 Å². The number of amides is 1. The number of nitrogens with one attached hydrogen (secondary N) is 1. The van der Waals surface area contributed by atoms with Crippen LogP contribution in [-0.4, -0.2) is 55.0 Å². The molecule has 0 radical (unpaired) electrons. The molecule has 1 aliphatic heterocycles. The van der Waals surface area contributed by atoms with Crippen molar-refractivity contribution in [2.45, 2.75) is 33.2 Å². The van der Waals surface area contributed by atoms with Gasteiger partial charge in [0, 0.05) is 25.7 Å². The molecule has 0 bridgehead atoms. The Balaban J connectivity index is 2.52. The normalized spacial score (nSPS) is 25.2. The molecule has 0 saturated carbocycles. The zero-order chi connectivity index (χ0) is 13.5. The fourth-order valence-electron chi connectivity index (χ4n) is 2.48. The fourth-order valence-corrected chi connectivity index (χ4v) is 2.48. The third kappa shape index (κ3) is 4.82.